The van der Waals surface area contributed by atoms with Gasteiger partial charge >= 0.3 is 6.18 Å². The molecule has 0 spiro atoms. The number of benzene rings is 1. The number of nitrogens with one attached hydrogen (secondary N) is 1. The third-order valence-electron chi connectivity index (χ3n) is 2.19. The van der Waals surface area contributed by atoms with Crippen LogP contribution in [-0.2, 0) is 0 Å². The quantitative estimate of drug-likeness (QED) is 0.716. The number of halogens is 5. The number of anilines is 1. The lowest BCUT2D eigenvalue weighted by Crippen LogP contribution is -2.11. The number of rotatable bonds is 5. The van der Waals surface area contributed by atoms with Crippen LogP contribution in [0.25, 0.3) is 0 Å². The average molecular weight is 391 g/mol. The van der Waals surface area contributed by atoms with Gasteiger partial charge in [0.05, 0.1) is 17.3 Å². The summed E-state index contributed by atoms with van der Waals surface area (Å²) in [6.07, 6.45) is -4.85. The molecule has 0 saturated heterocycles. The molecule has 0 aromatic heterocycles. The summed E-state index contributed by atoms with van der Waals surface area (Å²) in [7, 11) is 1.53. The molecule has 0 radical (unpaired) electrons. The Kier molecular flexibility index (Phi) is 5.78. The molecule has 2 nitrogen and oxygen atoms in total. The summed E-state index contributed by atoms with van der Waals surface area (Å²) in [4.78, 5) is 0. The Morgan fingerprint density at radius 2 is 1.89 bits per heavy atom. The second-order valence-corrected chi connectivity index (χ2v) is 5.32. The maximum absolute atomic E-state index is 12.0. The summed E-state index contributed by atoms with van der Waals surface area (Å²) in [5.74, 6) is 0.622. The number of hydrogen-bond acceptors (Lipinski definition) is 2. The Morgan fingerprint density at radius 3 is 2.44 bits per heavy atom. The Balaban J connectivity index is 2.57. The van der Waals surface area contributed by atoms with E-state index in [1.807, 2.05) is 0 Å². The third-order valence-corrected chi connectivity index (χ3v) is 3.47. The molecule has 0 aliphatic carbocycles. The van der Waals surface area contributed by atoms with Crippen molar-refractivity contribution in [1.29, 1.82) is 0 Å². The smallest absolute Gasteiger partial charge is 0.389 e. The predicted molar refractivity (Wildman–Crippen MR) is 72.2 cm³/mol. The fourth-order valence-electron chi connectivity index (χ4n) is 1.33. The van der Waals surface area contributed by atoms with Gasteiger partial charge in [0, 0.05) is 23.5 Å². The number of hydrogen-bond donors (Lipinski definition) is 1. The Bertz CT molecular complexity index is 410. The maximum atomic E-state index is 12.0. The topological polar surface area (TPSA) is 21.3 Å². The summed E-state index contributed by atoms with van der Waals surface area (Å²) >= 11 is 6.65. The highest BCUT2D eigenvalue weighted by molar-refractivity contribution is 9.11. The minimum atomic E-state index is -4.10. The minimum Gasteiger partial charge on any atom is -0.495 e. The molecule has 0 atom stereocenters. The zero-order valence-electron chi connectivity index (χ0n) is 9.57. The van der Waals surface area contributed by atoms with Crippen LogP contribution in [0.5, 0.6) is 5.75 Å². The molecule has 0 amide bonds. The molecule has 1 rings (SSSR count). The normalized spacial score (nSPS) is 11.4. The van der Waals surface area contributed by atoms with Crippen LogP contribution in [0.2, 0.25) is 0 Å². The molecule has 102 valence electrons. The number of methoxy groups -OCH3 is 1. The monoisotopic (exact) mass is 389 g/mol. The second-order valence-electron chi connectivity index (χ2n) is 3.61. The van der Waals surface area contributed by atoms with Gasteiger partial charge in [-0.25, -0.2) is 0 Å². The van der Waals surface area contributed by atoms with E-state index in [2.05, 4.69) is 37.2 Å². The molecule has 0 heterocycles. The number of alkyl halides is 3. The molecule has 0 fully saturated rings. The molecular weight excluding hydrogens is 379 g/mol. The highest BCUT2D eigenvalue weighted by atomic mass is 79.9. The van der Waals surface area contributed by atoms with E-state index in [0.717, 1.165) is 8.95 Å². The Morgan fingerprint density at radius 1 is 1.22 bits per heavy atom. The molecule has 1 N–H and O–H groups in total. The van der Waals surface area contributed by atoms with Gasteiger partial charge in [0.15, 0.2) is 0 Å². The summed E-state index contributed by atoms with van der Waals surface area (Å²) in [5.41, 5.74) is 0.706. The van der Waals surface area contributed by atoms with E-state index < -0.39 is 12.6 Å². The van der Waals surface area contributed by atoms with E-state index in [4.69, 9.17) is 4.74 Å². The largest absolute Gasteiger partial charge is 0.495 e. The van der Waals surface area contributed by atoms with Gasteiger partial charge in [-0.05, 0) is 44.3 Å². The first-order chi connectivity index (χ1) is 8.33. The predicted octanol–water partition coefficient (Wildman–Crippen LogP) is 4.97. The van der Waals surface area contributed by atoms with Crippen molar-refractivity contribution in [3.63, 3.8) is 0 Å². The lowest BCUT2D eigenvalue weighted by Gasteiger charge is -2.12. The van der Waals surface area contributed by atoms with Gasteiger partial charge in [0.2, 0.25) is 0 Å². The van der Waals surface area contributed by atoms with Gasteiger partial charge in [-0.1, -0.05) is 0 Å². The standard InChI is InChI=1S/C11H12Br2F3NO/c1-18-10-6-9(7(12)5-8(10)13)17-4-2-3-11(14,15)16/h5-6,17H,2-4H2,1H3. The van der Waals surface area contributed by atoms with Crippen molar-refractivity contribution < 1.29 is 17.9 Å². The van der Waals surface area contributed by atoms with Crippen LogP contribution >= 0.6 is 31.9 Å². The van der Waals surface area contributed by atoms with Crippen molar-refractivity contribution in [2.75, 3.05) is 19.0 Å². The first-order valence-corrected chi connectivity index (χ1v) is 6.76. The summed E-state index contributed by atoms with van der Waals surface area (Å²) < 4.78 is 42.6. The van der Waals surface area contributed by atoms with Crippen molar-refractivity contribution in [3.8, 4) is 5.75 Å². The molecular formula is C11H12Br2F3NO. The summed E-state index contributed by atoms with van der Waals surface area (Å²) in [6.45, 7) is 0.253. The highest BCUT2D eigenvalue weighted by Crippen LogP contribution is 2.34. The molecule has 0 saturated carbocycles. The molecule has 0 unspecified atom stereocenters. The van der Waals surface area contributed by atoms with E-state index in [-0.39, 0.29) is 13.0 Å². The van der Waals surface area contributed by atoms with Gasteiger partial charge in [0.25, 0.3) is 0 Å². The molecule has 1 aromatic carbocycles. The first kappa shape index (κ1) is 15.6. The lowest BCUT2D eigenvalue weighted by atomic mass is 10.2. The van der Waals surface area contributed by atoms with Gasteiger partial charge in [-0.2, -0.15) is 13.2 Å². The maximum Gasteiger partial charge on any atom is 0.389 e. The van der Waals surface area contributed by atoms with Gasteiger partial charge in [-0.15, -0.1) is 0 Å². The van der Waals surface area contributed by atoms with Crippen LogP contribution in [0, 0.1) is 0 Å². The lowest BCUT2D eigenvalue weighted by molar-refractivity contribution is -0.134. The molecule has 1 aromatic rings. The zero-order chi connectivity index (χ0) is 13.8. The van der Waals surface area contributed by atoms with E-state index >= 15 is 0 Å². The van der Waals surface area contributed by atoms with Crippen LogP contribution < -0.4 is 10.1 Å². The van der Waals surface area contributed by atoms with Crippen molar-refractivity contribution in [1.82, 2.24) is 0 Å². The van der Waals surface area contributed by atoms with Gasteiger partial charge in [-0.3, -0.25) is 0 Å². The fourth-order valence-corrected chi connectivity index (χ4v) is 2.63. The third kappa shape index (κ3) is 5.06. The first-order valence-electron chi connectivity index (χ1n) is 5.17. The Hall–Kier alpha value is -0.430. The van der Waals surface area contributed by atoms with E-state index in [9.17, 15) is 13.2 Å². The second kappa shape index (κ2) is 6.65. The Labute approximate surface area is 120 Å². The molecule has 0 bridgehead atoms. The molecule has 0 aliphatic rings. The molecule has 7 heteroatoms. The average Bonchev–Trinajstić information content (AvgIpc) is 2.25. The SMILES string of the molecule is COc1cc(NCCCC(F)(F)F)c(Br)cc1Br. The van der Waals surface area contributed by atoms with Crippen molar-refractivity contribution in [2.45, 2.75) is 19.0 Å². The number of ether oxygens (including phenoxy) is 1. The van der Waals surface area contributed by atoms with E-state index in [0.29, 0.717) is 11.4 Å². The van der Waals surface area contributed by atoms with Crippen LogP contribution in [0.15, 0.2) is 21.1 Å². The van der Waals surface area contributed by atoms with Crippen LogP contribution in [0.4, 0.5) is 18.9 Å². The van der Waals surface area contributed by atoms with Crippen molar-refractivity contribution in [3.05, 3.63) is 21.1 Å². The molecule has 18 heavy (non-hydrogen) atoms. The highest BCUT2D eigenvalue weighted by Gasteiger charge is 2.25. The van der Waals surface area contributed by atoms with Gasteiger partial charge in [0.1, 0.15) is 5.75 Å². The zero-order valence-corrected chi connectivity index (χ0v) is 12.7. The van der Waals surface area contributed by atoms with E-state index in [1.165, 1.54) is 7.11 Å². The van der Waals surface area contributed by atoms with Crippen LogP contribution in [0.1, 0.15) is 12.8 Å². The van der Waals surface area contributed by atoms with Crippen LogP contribution in [0.3, 0.4) is 0 Å². The van der Waals surface area contributed by atoms with Crippen LogP contribution in [-0.4, -0.2) is 19.8 Å². The van der Waals surface area contributed by atoms with Crippen molar-refractivity contribution >= 4 is 37.5 Å². The van der Waals surface area contributed by atoms with Gasteiger partial charge < -0.3 is 10.1 Å². The summed E-state index contributed by atoms with van der Waals surface area (Å²) in [6, 6.07) is 3.51. The summed E-state index contributed by atoms with van der Waals surface area (Å²) in [5, 5.41) is 2.94. The van der Waals surface area contributed by atoms with Crippen molar-refractivity contribution in [2.24, 2.45) is 0 Å². The molecule has 0 aliphatic heterocycles. The fraction of sp³-hybridized carbons (Fsp3) is 0.455. The minimum absolute atomic E-state index is 0.0360. The van der Waals surface area contributed by atoms with E-state index in [1.54, 1.807) is 12.1 Å².